The van der Waals surface area contributed by atoms with Crippen LogP contribution in [-0.2, 0) is 4.74 Å². The van der Waals surface area contributed by atoms with E-state index >= 15 is 0 Å². The number of allylic oxidation sites excluding steroid dienone is 1. The fraction of sp³-hybridized carbons (Fsp3) is 0.429. The van der Waals surface area contributed by atoms with E-state index in [-0.39, 0.29) is 25.3 Å². The van der Waals surface area contributed by atoms with Gasteiger partial charge in [0.1, 0.15) is 5.54 Å². The fourth-order valence-corrected chi connectivity index (χ4v) is 4.26. The van der Waals surface area contributed by atoms with Crippen molar-refractivity contribution in [1.29, 1.82) is 10.8 Å². The largest absolute Gasteiger partial charge is 0.428 e. The third-order valence-electron chi connectivity index (χ3n) is 5.63. The number of rotatable bonds is 4. The molecule has 8 heteroatoms. The van der Waals surface area contributed by atoms with Crippen molar-refractivity contribution in [2.24, 2.45) is 10.7 Å². The van der Waals surface area contributed by atoms with E-state index in [1.165, 1.54) is 6.92 Å². The molecule has 0 spiro atoms. The van der Waals surface area contributed by atoms with Gasteiger partial charge in [0.15, 0.2) is 5.90 Å². The van der Waals surface area contributed by atoms with Crippen LogP contribution in [0.15, 0.2) is 29.3 Å². The molecule has 1 aromatic rings. The molecule has 3 rings (SSSR count). The number of amides is 2. The smallest absolute Gasteiger partial charge is 0.322 e. The lowest BCUT2D eigenvalue weighted by atomic mass is 9.68. The van der Waals surface area contributed by atoms with Crippen molar-refractivity contribution < 1.29 is 11.0 Å². The lowest BCUT2D eigenvalue weighted by Crippen LogP contribution is -2.74. The summed E-state index contributed by atoms with van der Waals surface area (Å²) in [7, 11) is 1.67. The minimum absolute atomic E-state index is 0. The molecule has 0 aromatic heterocycles. The van der Waals surface area contributed by atoms with Crippen molar-refractivity contribution in [2.75, 3.05) is 12.4 Å². The molecule has 0 unspecified atom stereocenters. The molecule has 0 aliphatic carbocycles. The molecule has 2 saturated heterocycles. The average Bonchev–Trinajstić information content (AvgIpc) is 2.67. The molecular formula is C21H30N6O2. The molecule has 8 nitrogen and oxygen atoms in total. The summed E-state index contributed by atoms with van der Waals surface area (Å²) in [6.07, 6.45) is 6.58. The van der Waals surface area contributed by atoms with Crippen LogP contribution in [0.2, 0.25) is 0 Å². The number of urea groups is 1. The number of carbonyl (C=O) groups excluding carboxylic acids is 1. The van der Waals surface area contributed by atoms with Gasteiger partial charge in [-0.05, 0) is 50.0 Å². The van der Waals surface area contributed by atoms with E-state index in [0.29, 0.717) is 24.2 Å². The molecule has 2 fully saturated rings. The SMILES string of the molecule is CN=C/C=C(\N)c1cc(NC(=O)N2[C@@H]3CCC[C@]2(C(=N)OC(C)=N)C3)ccc1C.[HH]. The predicted octanol–water partition coefficient (Wildman–Crippen LogP) is 3.76. The minimum Gasteiger partial charge on any atom is -0.428 e. The highest BCUT2D eigenvalue weighted by Crippen LogP contribution is 2.48. The predicted molar refractivity (Wildman–Crippen MR) is 118 cm³/mol. The van der Waals surface area contributed by atoms with Gasteiger partial charge in [0.05, 0.1) is 0 Å². The topological polar surface area (TPSA) is 128 Å². The second-order valence-electron chi connectivity index (χ2n) is 7.63. The maximum Gasteiger partial charge on any atom is 0.322 e. The van der Waals surface area contributed by atoms with E-state index in [1.807, 2.05) is 25.1 Å². The van der Waals surface area contributed by atoms with Crippen molar-refractivity contribution in [3.8, 4) is 0 Å². The quantitative estimate of drug-likeness (QED) is 0.455. The fourth-order valence-electron chi connectivity index (χ4n) is 4.26. The Morgan fingerprint density at radius 1 is 1.48 bits per heavy atom. The van der Waals surface area contributed by atoms with Crippen LogP contribution in [0.25, 0.3) is 5.70 Å². The maximum atomic E-state index is 13.1. The summed E-state index contributed by atoms with van der Waals surface area (Å²) in [5.41, 5.74) is 8.42. The van der Waals surface area contributed by atoms with Gasteiger partial charge in [0.25, 0.3) is 0 Å². The monoisotopic (exact) mass is 398 g/mol. The second-order valence-corrected chi connectivity index (χ2v) is 7.63. The van der Waals surface area contributed by atoms with Gasteiger partial charge in [0.2, 0.25) is 5.90 Å². The van der Waals surface area contributed by atoms with Gasteiger partial charge >= 0.3 is 6.03 Å². The molecule has 29 heavy (non-hydrogen) atoms. The number of nitrogens with one attached hydrogen (secondary N) is 3. The highest BCUT2D eigenvalue weighted by Gasteiger charge is 2.60. The van der Waals surface area contributed by atoms with Crippen molar-refractivity contribution in [3.05, 3.63) is 35.4 Å². The molecular weight excluding hydrogens is 368 g/mol. The van der Waals surface area contributed by atoms with Crippen LogP contribution < -0.4 is 11.1 Å². The van der Waals surface area contributed by atoms with Gasteiger partial charge in [0, 0.05) is 51.0 Å². The first-order valence-corrected chi connectivity index (χ1v) is 9.70. The normalized spacial score (nSPS) is 23.5. The zero-order valence-electron chi connectivity index (χ0n) is 17.1. The summed E-state index contributed by atoms with van der Waals surface area (Å²) in [6.45, 7) is 3.45. The molecule has 2 amide bonds. The maximum absolute atomic E-state index is 13.1. The number of hydrogen-bond donors (Lipinski definition) is 4. The van der Waals surface area contributed by atoms with Gasteiger partial charge in [-0.1, -0.05) is 6.07 Å². The van der Waals surface area contributed by atoms with Crippen molar-refractivity contribution in [1.82, 2.24) is 4.90 Å². The Labute approximate surface area is 172 Å². The average molecular weight is 399 g/mol. The van der Waals surface area contributed by atoms with Gasteiger partial charge < -0.3 is 20.7 Å². The molecule has 0 radical (unpaired) electrons. The summed E-state index contributed by atoms with van der Waals surface area (Å²) in [5.74, 6) is -0.0634. The lowest BCUT2D eigenvalue weighted by molar-refractivity contribution is -0.0329. The Morgan fingerprint density at radius 2 is 2.24 bits per heavy atom. The second kappa shape index (κ2) is 8.06. The zero-order valence-corrected chi connectivity index (χ0v) is 17.1. The Morgan fingerprint density at radius 3 is 2.90 bits per heavy atom. The molecule has 2 heterocycles. The molecule has 2 bridgehead atoms. The lowest BCUT2D eigenvalue weighted by Gasteiger charge is -2.60. The first-order chi connectivity index (χ1) is 13.8. The summed E-state index contributed by atoms with van der Waals surface area (Å²) in [6, 6.07) is 5.42. The number of aryl methyl sites for hydroxylation is 1. The highest BCUT2D eigenvalue weighted by molar-refractivity contribution is 6.00. The van der Waals surface area contributed by atoms with Crippen molar-refractivity contribution in [3.63, 3.8) is 0 Å². The number of benzene rings is 1. The molecule has 156 valence electrons. The van der Waals surface area contributed by atoms with Crippen molar-refractivity contribution in [2.45, 2.75) is 51.1 Å². The van der Waals surface area contributed by atoms with E-state index in [0.717, 1.165) is 24.0 Å². The summed E-state index contributed by atoms with van der Waals surface area (Å²) in [5, 5.41) is 18.8. The van der Waals surface area contributed by atoms with Crippen LogP contribution in [0, 0.1) is 17.7 Å². The first kappa shape index (κ1) is 20.6. The number of nitrogens with two attached hydrogens (primary N) is 1. The summed E-state index contributed by atoms with van der Waals surface area (Å²) in [4.78, 5) is 18.7. The highest BCUT2D eigenvalue weighted by atomic mass is 16.5. The number of fused-ring (bicyclic) bond motifs is 2. The van der Waals surface area contributed by atoms with Gasteiger partial charge in [-0.2, -0.15) is 0 Å². The van der Waals surface area contributed by atoms with Crippen LogP contribution in [0.4, 0.5) is 10.5 Å². The number of hydrogen-bond acceptors (Lipinski definition) is 6. The van der Waals surface area contributed by atoms with E-state index in [2.05, 4.69) is 10.3 Å². The van der Waals surface area contributed by atoms with E-state index < -0.39 is 5.54 Å². The number of anilines is 1. The Bertz CT molecular complexity index is 909. The zero-order chi connectivity index (χ0) is 21.2. The van der Waals surface area contributed by atoms with Crippen LogP contribution >= 0.6 is 0 Å². The van der Waals surface area contributed by atoms with Gasteiger partial charge in [-0.25, -0.2) is 4.79 Å². The number of piperidine rings is 1. The van der Waals surface area contributed by atoms with Crippen LogP contribution in [-0.4, -0.2) is 47.6 Å². The number of carbonyl (C=O) groups is 1. The Kier molecular flexibility index (Phi) is 5.72. The Hall–Kier alpha value is -3.16. The van der Waals surface area contributed by atoms with Crippen LogP contribution in [0.3, 0.4) is 0 Å². The Balaban J connectivity index is 0.00000320. The summed E-state index contributed by atoms with van der Waals surface area (Å²) >= 11 is 0. The van der Waals surface area contributed by atoms with E-state index in [4.69, 9.17) is 21.3 Å². The molecule has 5 N–H and O–H groups in total. The number of ether oxygens (including phenoxy) is 1. The van der Waals surface area contributed by atoms with Crippen LogP contribution in [0.1, 0.15) is 45.2 Å². The molecule has 2 aliphatic heterocycles. The standard InChI is InChI=1S/C21H28N6O2.H2/c1-13-6-7-15(11-17(13)18(23)8-10-25-3)26-20(28)27-16-5-4-9-21(27,12-16)19(24)29-14(2)22;/h6-8,10-11,16,22,24H,4-5,9,12,23H2,1-3H3,(H,26,28);1H/b18-8-,22-14?,24-19?,25-10?;/t16-,21-;/m1./s1. The van der Waals surface area contributed by atoms with Gasteiger partial charge in [-0.15, -0.1) is 0 Å². The molecule has 2 atom stereocenters. The van der Waals surface area contributed by atoms with E-state index in [1.54, 1.807) is 24.2 Å². The number of nitrogens with zero attached hydrogens (tertiary/aromatic N) is 2. The first-order valence-electron chi connectivity index (χ1n) is 9.70. The molecule has 2 aliphatic rings. The third-order valence-corrected chi connectivity index (χ3v) is 5.63. The van der Waals surface area contributed by atoms with Crippen molar-refractivity contribution >= 4 is 35.4 Å². The van der Waals surface area contributed by atoms with Gasteiger partial charge in [-0.3, -0.25) is 15.8 Å². The minimum atomic E-state index is -0.751. The van der Waals surface area contributed by atoms with Crippen LogP contribution in [0.5, 0.6) is 0 Å². The molecule has 1 aromatic carbocycles. The molecule has 0 saturated carbocycles. The number of aliphatic imine (C=N–C) groups is 1. The third kappa shape index (κ3) is 3.87. The summed E-state index contributed by atoms with van der Waals surface area (Å²) < 4.78 is 5.27. The van der Waals surface area contributed by atoms with E-state index in [9.17, 15) is 4.79 Å².